The Bertz CT molecular complexity index is 125. The molecule has 0 aliphatic heterocycles. The van der Waals surface area contributed by atoms with Gasteiger partial charge in [0.15, 0.2) is 0 Å². The zero-order chi connectivity index (χ0) is 9.56. The molecule has 0 atom stereocenters. The summed E-state index contributed by atoms with van der Waals surface area (Å²) in [5, 5.41) is 0. The number of carbonyl (C=O) groups is 1. The van der Waals surface area contributed by atoms with Gasteiger partial charge in [-0.15, -0.1) is 46.4 Å². The molecule has 0 aromatic carbocycles. The zero-order valence-electron chi connectivity index (χ0n) is 5.81. The van der Waals surface area contributed by atoms with Gasteiger partial charge in [-0.05, 0) is 0 Å². The van der Waals surface area contributed by atoms with E-state index in [1.807, 2.05) is 0 Å². The van der Waals surface area contributed by atoms with Gasteiger partial charge in [0, 0.05) is 0 Å². The topological polar surface area (TPSA) is 35.5 Å². The van der Waals surface area contributed by atoms with E-state index in [2.05, 4.69) is 9.47 Å². The molecule has 0 saturated heterocycles. The normalized spacial score (nSPS) is 10.5. The Kier molecular flexibility index (Phi) is 7.14. The summed E-state index contributed by atoms with van der Waals surface area (Å²) in [5.74, 6) is 0. The van der Waals surface area contributed by atoms with Crippen LogP contribution in [0.3, 0.4) is 0 Å². The molecular weight excluding hydrogens is 250 g/mol. The molecule has 0 spiro atoms. The van der Waals surface area contributed by atoms with Crippen LogP contribution in [0.2, 0.25) is 0 Å². The summed E-state index contributed by atoms with van der Waals surface area (Å²) in [7, 11) is 0. The molecule has 0 fully saturated rings. The first-order valence-electron chi connectivity index (χ1n) is 2.88. The molecule has 7 heteroatoms. The molecule has 0 radical (unpaired) electrons. The lowest BCUT2D eigenvalue weighted by molar-refractivity contribution is 0.0611. The van der Waals surface area contributed by atoms with Crippen molar-refractivity contribution in [2.75, 3.05) is 13.2 Å². The maximum absolute atomic E-state index is 10.6. The van der Waals surface area contributed by atoms with Crippen molar-refractivity contribution in [1.82, 2.24) is 0 Å². The lowest BCUT2D eigenvalue weighted by atomic mass is 10.8. The largest absolute Gasteiger partial charge is 0.508 e. The minimum absolute atomic E-state index is 0.128. The number of halogens is 4. The summed E-state index contributed by atoms with van der Waals surface area (Å²) >= 11 is 21.1. The van der Waals surface area contributed by atoms with E-state index >= 15 is 0 Å². The monoisotopic (exact) mass is 254 g/mol. The van der Waals surface area contributed by atoms with E-state index in [0.29, 0.717) is 0 Å². The van der Waals surface area contributed by atoms with Crippen molar-refractivity contribution in [3.63, 3.8) is 0 Å². The van der Waals surface area contributed by atoms with Gasteiger partial charge in [0.05, 0.1) is 0 Å². The van der Waals surface area contributed by atoms with Crippen LogP contribution in [0.15, 0.2) is 0 Å². The van der Waals surface area contributed by atoms with Crippen molar-refractivity contribution in [3.05, 3.63) is 0 Å². The predicted molar refractivity (Wildman–Crippen MR) is 48.3 cm³/mol. The van der Waals surface area contributed by atoms with Crippen LogP contribution in [0.5, 0.6) is 0 Å². The minimum Gasteiger partial charge on any atom is -0.431 e. The van der Waals surface area contributed by atoms with Gasteiger partial charge in [-0.2, -0.15) is 0 Å². The Balaban J connectivity index is 3.34. The fraction of sp³-hybridized carbons (Fsp3) is 0.800. The molecule has 0 saturated carbocycles. The second-order valence-corrected chi connectivity index (χ2v) is 4.21. The molecule has 12 heavy (non-hydrogen) atoms. The molecule has 0 aliphatic carbocycles. The van der Waals surface area contributed by atoms with Crippen molar-refractivity contribution in [1.29, 1.82) is 0 Å². The van der Waals surface area contributed by atoms with Crippen LogP contribution in [0, 0.1) is 0 Å². The van der Waals surface area contributed by atoms with Crippen LogP contribution in [0.1, 0.15) is 0 Å². The summed E-state index contributed by atoms with van der Waals surface area (Å²) in [6.45, 7) is -0.256. The molecule has 3 nitrogen and oxygen atoms in total. The van der Waals surface area contributed by atoms with Crippen LogP contribution in [-0.2, 0) is 9.47 Å². The van der Waals surface area contributed by atoms with E-state index in [1.54, 1.807) is 0 Å². The van der Waals surface area contributed by atoms with Crippen molar-refractivity contribution >= 4 is 52.6 Å². The average Bonchev–Trinajstić information content (AvgIpc) is 1.96. The molecule has 0 aliphatic rings. The molecular formula is C5H6Cl4O3. The Morgan fingerprint density at radius 2 is 1.33 bits per heavy atom. The Morgan fingerprint density at radius 1 is 1.00 bits per heavy atom. The summed E-state index contributed by atoms with van der Waals surface area (Å²) < 4.78 is 8.82. The van der Waals surface area contributed by atoms with E-state index < -0.39 is 15.8 Å². The molecule has 0 rings (SSSR count). The average molecular weight is 256 g/mol. The molecule has 0 unspecified atom stereocenters. The van der Waals surface area contributed by atoms with E-state index in [9.17, 15) is 4.79 Å². The van der Waals surface area contributed by atoms with Crippen LogP contribution in [0.4, 0.5) is 4.79 Å². The Hall–Kier alpha value is 0.430. The van der Waals surface area contributed by atoms with E-state index in [-0.39, 0.29) is 13.2 Å². The van der Waals surface area contributed by atoms with E-state index in [0.717, 1.165) is 0 Å². The molecule has 0 amide bonds. The van der Waals surface area contributed by atoms with E-state index in [1.165, 1.54) is 0 Å². The summed E-state index contributed by atoms with van der Waals surface area (Å²) in [6.07, 6.45) is -0.896. The van der Waals surface area contributed by atoms with Crippen molar-refractivity contribution in [2.45, 2.75) is 9.67 Å². The highest BCUT2D eigenvalue weighted by molar-refractivity contribution is 6.44. The van der Waals surface area contributed by atoms with Gasteiger partial charge in [-0.3, -0.25) is 0 Å². The number of alkyl halides is 4. The highest BCUT2D eigenvalue weighted by Crippen LogP contribution is 2.04. The first kappa shape index (κ1) is 12.4. The maximum Gasteiger partial charge on any atom is 0.508 e. The van der Waals surface area contributed by atoms with Crippen LogP contribution in [-0.4, -0.2) is 29.0 Å². The first-order chi connectivity index (χ1) is 5.52. The lowest BCUT2D eigenvalue weighted by Crippen LogP contribution is -2.14. The zero-order valence-corrected chi connectivity index (χ0v) is 8.83. The van der Waals surface area contributed by atoms with Gasteiger partial charge in [-0.1, -0.05) is 0 Å². The first-order valence-corrected chi connectivity index (χ1v) is 4.62. The van der Waals surface area contributed by atoms with Gasteiger partial charge in [0.25, 0.3) is 0 Å². The molecule has 0 aromatic heterocycles. The fourth-order valence-corrected chi connectivity index (χ4v) is 0.556. The number of hydrogen-bond donors (Lipinski definition) is 0. The molecule has 0 aromatic rings. The molecule has 0 heterocycles. The third-order valence-electron chi connectivity index (χ3n) is 0.654. The van der Waals surface area contributed by atoms with Gasteiger partial charge in [0.1, 0.15) is 22.9 Å². The SMILES string of the molecule is O=C(OCC(Cl)Cl)OCC(Cl)Cl. The standard InChI is InChI=1S/C5H6Cl4O3/c6-3(7)1-11-5(10)12-2-4(8)9/h3-4H,1-2H2. The molecule has 72 valence electrons. The van der Waals surface area contributed by atoms with Gasteiger partial charge in [-0.25, -0.2) is 4.79 Å². The van der Waals surface area contributed by atoms with Gasteiger partial charge < -0.3 is 9.47 Å². The Morgan fingerprint density at radius 3 is 1.58 bits per heavy atom. The fourth-order valence-electron chi connectivity index (χ4n) is 0.304. The van der Waals surface area contributed by atoms with Crippen molar-refractivity contribution in [3.8, 4) is 0 Å². The third-order valence-corrected chi connectivity index (χ3v) is 1.16. The van der Waals surface area contributed by atoms with Crippen molar-refractivity contribution in [2.24, 2.45) is 0 Å². The smallest absolute Gasteiger partial charge is 0.431 e. The highest BCUT2D eigenvalue weighted by atomic mass is 35.5. The predicted octanol–water partition coefficient (Wildman–Crippen LogP) is 2.75. The van der Waals surface area contributed by atoms with Crippen LogP contribution in [0.25, 0.3) is 0 Å². The lowest BCUT2D eigenvalue weighted by Gasteiger charge is -2.05. The Labute approximate surface area is 89.8 Å². The third kappa shape index (κ3) is 8.53. The van der Waals surface area contributed by atoms with Crippen molar-refractivity contribution < 1.29 is 14.3 Å². The quantitative estimate of drug-likeness (QED) is 0.573. The summed E-state index contributed by atoms with van der Waals surface area (Å²) in [4.78, 5) is 9.05. The number of hydrogen-bond acceptors (Lipinski definition) is 3. The minimum atomic E-state index is -0.896. The van der Waals surface area contributed by atoms with Crippen LogP contribution < -0.4 is 0 Å². The number of carbonyl (C=O) groups excluding carboxylic acids is 1. The maximum atomic E-state index is 10.6. The second kappa shape index (κ2) is 6.89. The van der Waals surface area contributed by atoms with Gasteiger partial charge >= 0.3 is 6.16 Å². The second-order valence-electron chi connectivity index (χ2n) is 1.65. The van der Waals surface area contributed by atoms with E-state index in [4.69, 9.17) is 46.4 Å². The molecule has 0 N–H and O–H groups in total. The molecule has 0 bridgehead atoms. The number of ether oxygens (including phenoxy) is 2. The highest BCUT2D eigenvalue weighted by Gasteiger charge is 2.09. The van der Waals surface area contributed by atoms with Crippen LogP contribution >= 0.6 is 46.4 Å². The summed E-state index contributed by atoms with van der Waals surface area (Å²) in [6, 6.07) is 0. The van der Waals surface area contributed by atoms with Gasteiger partial charge in [0.2, 0.25) is 0 Å². The number of rotatable bonds is 4. The summed E-state index contributed by atoms with van der Waals surface area (Å²) in [5.41, 5.74) is 0.